The molecule has 0 saturated carbocycles. The minimum Gasteiger partial charge on any atom is -0.462 e. The average Bonchev–Trinajstić information content (AvgIpc) is 3.21. The van der Waals surface area contributed by atoms with Crippen molar-refractivity contribution >= 4 is 19.8 Å². The molecule has 0 fully saturated rings. The highest BCUT2D eigenvalue weighted by Crippen LogP contribution is 2.43. The Balaban J connectivity index is 4.51. The lowest BCUT2D eigenvalue weighted by atomic mass is 10.0. The van der Waals surface area contributed by atoms with Gasteiger partial charge in [-0.2, -0.15) is 0 Å². The van der Waals surface area contributed by atoms with Crippen LogP contribution < -0.4 is 0 Å². The zero-order valence-electron chi connectivity index (χ0n) is 37.0. The standard InChI is InChI=1S/C47H81O12P/c1-4-5-23-31-42(49)33-26-21-22-27-34-43(50)32-25-18-15-16-19-28-35-46(52)56-39-45(40-58-60(54,55)57-38-44(51)37-48)59-47(53)36-29-20-14-12-10-8-6-7-9-11-13-17-24-30-41(2)3/h5,16,18-19,21-23,25-27,33-34,41-45,48-51H,4,6-15,17,20,24,28-32,35-40H2,1-3H3,(H,54,55)/b19-16-,22-21-,23-5-,25-18-,33-26+,34-27+/t42-,43+,44+,45-/m1/s1. The predicted octanol–water partition coefficient (Wildman–Crippen LogP) is 9.86. The minimum atomic E-state index is -4.66. The fourth-order valence-corrected chi connectivity index (χ4v) is 6.52. The third kappa shape index (κ3) is 40.7. The lowest BCUT2D eigenvalue weighted by molar-refractivity contribution is -0.161. The Labute approximate surface area is 362 Å². The highest BCUT2D eigenvalue weighted by Gasteiger charge is 2.27. The zero-order valence-corrected chi connectivity index (χ0v) is 37.9. The number of aliphatic hydroxyl groups is 4. The summed E-state index contributed by atoms with van der Waals surface area (Å²) < 4.78 is 32.6. The van der Waals surface area contributed by atoms with E-state index in [1.807, 2.05) is 43.4 Å². The molecule has 60 heavy (non-hydrogen) atoms. The maximum absolute atomic E-state index is 12.6. The predicted molar refractivity (Wildman–Crippen MR) is 240 cm³/mol. The van der Waals surface area contributed by atoms with Crippen LogP contribution in [0.25, 0.3) is 0 Å². The van der Waals surface area contributed by atoms with Crippen LogP contribution in [0.15, 0.2) is 72.9 Å². The zero-order chi connectivity index (χ0) is 44.5. The summed E-state index contributed by atoms with van der Waals surface area (Å²) in [4.78, 5) is 35.0. The fourth-order valence-electron chi connectivity index (χ4n) is 5.73. The summed E-state index contributed by atoms with van der Waals surface area (Å²) >= 11 is 0. The van der Waals surface area contributed by atoms with Gasteiger partial charge in [-0.25, -0.2) is 4.57 Å². The Morgan fingerprint density at radius 2 is 1.13 bits per heavy atom. The van der Waals surface area contributed by atoms with E-state index in [2.05, 4.69) is 18.4 Å². The summed E-state index contributed by atoms with van der Waals surface area (Å²) in [6.45, 7) is 4.31. The largest absolute Gasteiger partial charge is 0.472 e. The van der Waals surface area contributed by atoms with E-state index in [1.54, 1.807) is 36.5 Å². The highest BCUT2D eigenvalue weighted by atomic mass is 31.2. The van der Waals surface area contributed by atoms with Gasteiger partial charge in [0.05, 0.1) is 32.0 Å². The number of esters is 2. The first kappa shape index (κ1) is 57.3. The van der Waals surface area contributed by atoms with Gasteiger partial charge in [-0.05, 0) is 44.4 Å². The van der Waals surface area contributed by atoms with Crippen LogP contribution in [0.5, 0.6) is 0 Å². The number of rotatable bonds is 40. The van der Waals surface area contributed by atoms with Crippen molar-refractivity contribution in [3.8, 4) is 0 Å². The molecule has 0 saturated heterocycles. The second-order valence-electron chi connectivity index (χ2n) is 15.6. The van der Waals surface area contributed by atoms with Gasteiger partial charge in [0.1, 0.15) is 12.7 Å². The number of unbranched alkanes of at least 4 members (excludes halogenated alkanes) is 12. The molecule has 0 aromatic rings. The normalized spacial score (nSPS) is 15.6. The van der Waals surface area contributed by atoms with Crippen LogP contribution in [0.3, 0.4) is 0 Å². The molecule has 0 aliphatic rings. The first-order valence-corrected chi connectivity index (χ1v) is 24.0. The molecule has 0 aliphatic carbocycles. The van der Waals surface area contributed by atoms with Crippen molar-refractivity contribution in [2.24, 2.45) is 5.92 Å². The van der Waals surface area contributed by atoms with E-state index in [1.165, 1.54) is 64.2 Å². The number of allylic oxidation sites excluding steroid dienone is 8. The minimum absolute atomic E-state index is 0.0576. The van der Waals surface area contributed by atoms with Crippen molar-refractivity contribution < 1.29 is 58.0 Å². The van der Waals surface area contributed by atoms with E-state index in [-0.39, 0.29) is 12.8 Å². The Kier molecular flexibility index (Phi) is 38.6. The van der Waals surface area contributed by atoms with Crippen molar-refractivity contribution in [3.63, 3.8) is 0 Å². The third-order valence-corrected chi connectivity index (χ3v) is 10.2. The highest BCUT2D eigenvalue weighted by molar-refractivity contribution is 7.47. The number of carbonyl (C=O) groups excluding carboxylic acids is 2. The van der Waals surface area contributed by atoms with E-state index >= 15 is 0 Å². The van der Waals surface area contributed by atoms with Crippen LogP contribution in [0, 0.1) is 5.92 Å². The number of hydrogen-bond donors (Lipinski definition) is 5. The number of phosphoric ester groups is 1. The maximum Gasteiger partial charge on any atom is 0.472 e. The molecule has 1 unspecified atom stereocenters. The quantitative estimate of drug-likeness (QED) is 0.0129. The number of phosphoric acid groups is 1. The molecule has 0 aliphatic heterocycles. The van der Waals surface area contributed by atoms with E-state index in [0.29, 0.717) is 32.1 Å². The molecule has 13 heteroatoms. The Bertz CT molecular complexity index is 1270. The second-order valence-corrected chi connectivity index (χ2v) is 17.0. The molecule has 5 N–H and O–H groups in total. The molecular weight excluding hydrogens is 787 g/mol. The van der Waals surface area contributed by atoms with Crippen LogP contribution in [-0.2, 0) is 32.7 Å². The Morgan fingerprint density at radius 3 is 1.68 bits per heavy atom. The van der Waals surface area contributed by atoms with Crippen molar-refractivity contribution in [3.05, 3.63) is 72.9 Å². The maximum atomic E-state index is 12.6. The van der Waals surface area contributed by atoms with Crippen LogP contribution in [0.2, 0.25) is 0 Å². The lowest BCUT2D eigenvalue weighted by Gasteiger charge is -2.20. The summed E-state index contributed by atoms with van der Waals surface area (Å²) in [5.74, 6) is -0.293. The van der Waals surface area contributed by atoms with Gasteiger partial charge < -0.3 is 34.8 Å². The van der Waals surface area contributed by atoms with Gasteiger partial charge in [0.15, 0.2) is 6.10 Å². The second kappa shape index (κ2) is 40.4. The molecular formula is C47H81O12P. The summed E-state index contributed by atoms with van der Waals surface area (Å²) in [5.41, 5.74) is 0. The first-order valence-electron chi connectivity index (χ1n) is 22.5. The molecule has 0 aromatic carbocycles. The van der Waals surface area contributed by atoms with Crippen molar-refractivity contribution in [1.82, 2.24) is 0 Å². The number of ether oxygens (including phenoxy) is 2. The molecule has 12 nitrogen and oxygen atoms in total. The van der Waals surface area contributed by atoms with Crippen molar-refractivity contribution in [1.29, 1.82) is 0 Å². The monoisotopic (exact) mass is 869 g/mol. The van der Waals surface area contributed by atoms with E-state index in [4.69, 9.17) is 19.1 Å². The Hall–Kier alpha value is -2.67. The van der Waals surface area contributed by atoms with Crippen molar-refractivity contribution in [2.45, 2.75) is 180 Å². The van der Waals surface area contributed by atoms with Crippen LogP contribution >= 0.6 is 7.82 Å². The van der Waals surface area contributed by atoms with Crippen LogP contribution in [0.1, 0.15) is 156 Å². The third-order valence-electron chi connectivity index (χ3n) is 9.23. The topological polar surface area (TPSA) is 189 Å². The Morgan fingerprint density at radius 1 is 0.617 bits per heavy atom. The molecule has 0 rings (SSSR count). The number of aliphatic hydroxyl groups excluding tert-OH is 4. The molecule has 0 heterocycles. The first-order chi connectivity index (χ1) is 28.9. The average molecular weight is 869 g/mol. The van der Waals surface area contributed by atoms with Crippen LogP contribution in [-0.4, -0.2) is 88.1 Å². The number of hydrogen-bond acceptors (Lipinski definition) is 11. The number of carbonyl (C=O) groups is 2. The molecule has 0 radical (unpaired) electrons. The summed E-state index contributed by atoms with van der Waals surface area (Å²) in [6.07, 6.45) is 38.1. The van der Waals surface area contributed by atoms with Gasteiger partial charge in [0, 0.05) is 12.8 Å². The molecule has 0 amide bonds. The smallest absolute Gasteiger partial charge is 0.462 e. The fraction of sp³-hybridized carbons (Fsp3) is 0.702. The van der Waals surface area contributed by atoms with Gasteiger partial charge in [-0.3, -0.25) is 18.6 Å². The summed E-state index contributed by atoms with van der Waals surface area (Å²) in [5, 5.41) is 38.3. The molecule has 0 aromatic heterocycles. The summed E-state index contributed by atoms with van der Waals surface area (Å²) in [6, 6.07) is 0. The summed E-state index contributed by atoms with van der Waals surface area (Å²) in [7, 11) is -4.66. The van der Waals surface area contributed by atoms with Gasteiger partial charge in [-0.1, -0.05) is 177 Å². The molecule has 0 bridgehead atoms. The lowest BCUT2D eigenvalue weighted by Crippen LogP contribution is -2.29. The van der Waals surface area contributed by atoms with E-state index in [9.17, 15) is 34.4 Å². The van der Waals surface area contributed by atoms with E-state index in [0.717, 1.165) is 31.6 Å². The van der Waals surface area contributed by atoms with Gasteiger partial charge in [-0.15, -0.1) is 0 Å². The molecule has 5 atom stereocenters. The van der Waals surface area contributed by atoms with Crippen LogP contribution in [0.4, 0.5) is 0 Å². The SMILES string of the molecule is CC/C=C\C[C@@H](O)/C=C/C=C\C=C\[C@@H](O)C/C=C\C/C=C\CCC(=O)OC[C@H](COP(=O)(O)OC[C@@H](O)CO)OC(=O)CCCCCCCCCCCCCCCC(C)C. The van der Waals surface area contributed by atoms with Gasteiger partial charge in [0.2, 0.25) is 0 Å². The van der Waals surface area contributed by atoms with Crippen molar-refractivity contribution in [2.75, 3.05) is 26.4 Å². The molecule has 0 spiro atoms. The van der Waals surface area contributed by atoms with Gasteiger partial charge >= 0.3 is 19.8 Å². The molecule has 346 valence electrons. The van der Waals surface area contributed by atoms with E-state index < -0.39 is 70.6 Å². The van der Waals surface area contributed by atoms with Gasteiger partial charge in [0.25, 0.3) is 0 Å².